The number of nitrogens with one attached hydrogen (secondary N) is 1. The lowest BCUT2D eigenvalue weighted by Gasteiger charge is -2.35. The molecule has 260 valence electrons. The molecule has 6 rings (SSSR count). The van der Waals surface area contributed by atoms with E-state index >= 15 is 0 Å². The number of ether oxygens (including phenoxy) is 2. The molecule has 2 saturated carbocycles. The Kier molecular flexibility index (Phi) is 11.6. The highest BCUT2D eigenvalue weighted by Crippen LogP contribution is 2.40. The predicted octanol–water partition coefficient (Wildman–Crippen LogP) is 6.34. The molecule has 0 aromatic carbocycles. The Morgan fingerprint density at radius 3 is 1.77 bits per heavy atom. The third-order valence-corrected chi connectivity index (χ3v) is 8.61. The highest BCUT2D eigenvalue weighted by Gasteiger charge is 2.49. The number of nitrogens with two attached hydrogens (primary N) is 1. The van der Waals surface area contributed by atoms with Crippen LogP contribution in [0.3, 0.4) is 0 Å². The standard InChI is InChI=1S/C15H20ClFN4O2.C11H20N2O2.C4HCl2FN2/c1-15(2,3)23-14(22)21-7-8-4-10(11(21)5-8)19-12-9(17)6-18-13(16)20-12;1-11(2,3)15-10(14)13-6-7-4-8(12)9(13)5-7;5-3-2(7)1-8-4(6)9-3/h6,8,10-11H,4-5,7H2,1-3H3,(H,18,19,20);7-9H,4-6,12H2,1-3H3;1H. The maximum atomic E-state index is 13.8. The third kappa shape index (κ3) is 10.1. The van der Waals surface area contributed by atoms with Crippen molar-refractivity contribution >= 4 is 52.8 Å². The number of carbonyl (C=O) groups is 2. The molecule has 2 aromatic rings. The number of halogens is 5. The van der Waals surface area contributed by atoms with E-state index in [0.29, 0.717) is 18.4 Å². The van der Waals surface area contributed by atoms with E-state index in [9.17, 15) is 18.4 Å². The average molecular weight is 722 g/mol. The summed E-state index contributed by atoms with van der Waals surface area (Å²) in [5, 5.41) is 2.75. The molecule has 2 saturated heterocycles. The molecule has 17 heteroatoms. The number of hydrogen-bond donors (Lipinski definition) is 2. The fourth-order valence-electron chi connectivity index (χ4n) is 6.27. The number of hydrogen-bond acceptors (Lipinski definition) is 10. The van der Waals surface area contributed by atoms with Gasteiger partial charge in [-0.25, -0.2) is 33.3 Å². The van der Waals surface area contributed by atoms with Crippen molar-refractivity contribution in [1.82, 2.24) is 29.7 Å². The van der Waals surface area contributed by atoms with E-state index in [1.165, 1.54) is 0 Å². The van der Waals surface area contributed by atoms with Gasteiger partial charge in [0.05, 0.1) is 24.5 Å². The van der Waals surface area contributed by atoms with Crippen LogP contribution in [-0.4, -0.2) is 90.4 Å². The molecule has 2 aromatic heterocycles. The van der Waals surface area contributed by atoms with Gasteiger partial charge in [0.15, 0.2) is 22.6 Å². The molecule has 6 unspecified atom stereocenters. The molecule has 0 radical (unpaired) electrons. The summed E-state index contributed by atoms with van der Waals surface area (Å²) in [7, 11) is 0. The zero-order valence-corrected chi connectivity index (χ0v) is 29.4. The van der Waals surface area contributed by atoms with Gasteiger partial charge in [0.1, 0.15) is 11.2 Å². The monoisotopic (exact) mass is 720 g/mol. The summed E-state index contributed by atoms with van der Waals surface area (Å²) < 4.78 is 36.8. The SMILES string of the molecule is CC(C)(C)OC(=O)N1CC2CC(N)C1C2.CC(C)(C)OC(=O)N1CC2CC(Nc3nc(Cl)ncc3F)C1C2.Fc1cnc(Cl)nc1Cl. The van der Waals surface area contributed by atoms with Crippen LogP contribution in [0.1, 0.15) is 67.2 Å². The van der Waals surface area contributed by atoms with Gasteiger partial charge in [0.25, 0.3) is 0 Å². The summed E-state index contributed by atoms with van der Waals surface area (Å²) in [6, 6.07) is 0.269. The Morgan fingerprint density at radius 2 is 1.30 bits per heavy atom. The average Bonchev–Trinajstić information content (AvgIpc) is 3.73. The van der Waals surface area contributed by atoms with E-state index in [2.05, 4.69) is 25.3 Å². The molecule has 4 fully saturated rings. The lowest BCUT2D eigenvalue weighted by atomic mass is 10.1. The Labute approximate surface area is 288 Å². The quantitative estimate of drug-likeness (QED) is 0.266. The van der Waals surface area contributed by atoms with Crippen molar-refractivity contribution in [3.05, 3.63) is 39.7 Å². The molecule has 3 N–H and O–H groups in total. The van der Waals surface area contributed by atoms with E-state index in [4.69, 9.17) is 50.0 Å². The summed E-state index contributed by atoms with van der Waals surface area (Å²) in [4.78, 5) is 41.8. The maximum Gasteiger partial charge on any atom is 0.410 e. The first kappa shape index (κ1) is 37.0. The highest BCUT2D eigenvalue weighted by atomic mass is 35.5. The van der Waals surface area contributed by atoms with Crippen LogP contribution in [0.15, 0.2) is 12.4 Å². The van der Waals surface area contributed by atoms with Gasteiger partial charge in [0.2, 0.25) is 10.6 Å². The Morgan fingerprint density at radius 1 is 0.809 bits per heavy atom. The van der Waals surface area contributed by atoms with Crippen LogP contribution in [0.5, 0.6) is 0 Å². The molecular formula is C30H41Cl3F2N8O4. The fourth-order valence-corrected chi connectivity index (χ4v) is 6.70. The van der Waals surface area contributed by atoms with Crippen LogP contribution >= 0.6 is 34.8 Å². The van der Waals surface area contributed by atoms with E-state index < -0.39 is 22.8 Å². The van der Waals surface area contributed by atoms with Crippen molar-refractivity contribution in [3.8, 4) is 0 Å². The first-order chi connectivity index (χ1) is 21.8. The maximum absolute atomic E-state index is 13.8. The van der Waals surface area contributed by atoms with E-state index in [1.54, 1.807) is 4.90 Å². The summed E-state index contributed by atoms with van der Waals surface area (Å²) in [5.74, 6) is -0.156. The van der Waals surface area contributed by atoms with Gasteiger partial charge in [-0.15, -0.1) is 0 Å². The van der Waals surface area contributed by atoms with Crippen LogP contribution in [-0.2, 0) is 9.47 Å². The normalized spacial score (nSPS) is 25.9. The lowest BCUT2D eigenvalue weighted by molar-refractivity contribution is 0.0165. The second-order valence-electron chi connectivity index (χ2n) is 14.1. The molecule has 12 nitrogen and oxygen atoms in total. The molecule has 6 atom stereocenters. The summed E-state index contributed by atoms with van der Waals surface area (Å²) >= 11 is 16.2. The highest BCUT2D eigenvalue weighted by molar-refractivity contribution is 6.31. The van der Waals surface area contributed by atoms with Gasteiger partial charge < -0.3 is 30.3 Å². The van der Waals surface area contributed by atoms with Crippen LogP contribution in [0, 0.1) is 23.5 Å². The minimum absolute atomic E-state index is 0.0129. The van der Waals surface area contributed by atoms with E-state index in [0.717, 1.165) is 44.6 Å². The summed E-state index contributed by atoms with van der Waals surface area (Å²) in [5.41, 5.74) is 5.02. The van der Waals surface area contributed by atoms with Gasteiger partial charge in [0, 0.05) is 25.2 Å². The van der Waals surface area contributed by atoms with Crippen LogP contribution in [0.4, 0.5) is 24.2 Å². The minimum atomic E-state index is -0.666. The molecule has 4 bridgehead atoms. The largest absolute Gasteiger partial charge is 0.444 e. The smallest absolute Gasteiger partial charge is 0.410 e. The summed E-state index contributed by atoms with van der Waals surface area (Å²) in [6.45, 7) is 12.7. The van der Waals surface area contributed by atoms with Crippen molar-refractivity contribution in [3.63, 3.8) is 0 Å². The van der Waals surface area contributed by atoms with Crippen LogP contribution < -0.4 is 11.1 Å². The molecule has 47 heavy (non-hydrogen) atoms. The second kappa shape index (κ2) is 14.8. The van der Waals surface area contributed by atoms with Crippen molar-refractivity contribution < 1.29 is 27.8 Å². The van der Waals surface area contributed by atoms with Gasteiger partial charge in [-0.3, -0.25) is 0 Å². The van der Waals surface area contributed by atoms with Gasteiger partial charge in [-0.05, 0) is 102 Å². The number of aromatic nitrogens is 4. The lowest BCUT2D eigenvalue weighted by Crippen LogP contribution is -2.49. The Hall–Kier alpha value is -2.81. The number of likely N-dealkylation sites (tertiary alicyclic amines) is 2. The zero-order valence-electron chi connectivity index (χ0n) is 27.1. The number of fused-ring (bicyclic) bond motifs is 4. The van der Waals surface area contributed by atoms with Crippen molar-refractivity contribution in [2.75, 3.05) is 18.4 Å². The second-order valence-corrected chi connectivity index (χ2v) is 15.1. The summed E-state index contributed by atoms with van der Waals surface area (Å²) in [6.07, 6.45) is 5.30. The molecule has 2 aliphatic heterocycles. The van der Waals surface area contributed by atoms with Crippen LogP contribution in [0.25, 0.3) is 0 Å². The van der Waals surface area contributed by atoms with Gasteiger partial charge in [-0.1, -0.05) is 11.6 Å². The molecule has 4 heterocycles. The Balaban J connectivity index is 0.000000178. The van der Waals surface area contributed by atoms with Crippen molar-refractivity contribution in [2.24, 2.45) is 17.6 Å². The van der Waals surface area contributed by atoms with Crippen LogP contribution in [0.2, 0.25) is 15.7 Å². The first-order valence-corrected chi connectivity index (χ1v) is 16.5. The number of anilines is 1. The van der Waals surface area contributed by atoms with Crippen molar-refractivity contribution in [1.29, 1.82) is 0 Å². The number of piperidine rings is 2. The number of nitrogens with zero attached hydrogens (tertiary/aromatic N) is 6. The molecule has 2 amide bonds. The molecule has 2 aliphatic carbocycles. The van der Waals surface area contributed by atoms with E-state index in [1.807, 2.05) is 46.4 Å². The molecule has 0 spiro atoms. The Bertz CT molecular complexity index is 1450. The third-order valence-electron chi connectivity index (χ3n) is 7.98. The first-order valence-electron chi connectivity index (χ1n) is 15.3. The topological polar surface area (TPSA) is 149 Å². The minimum Gasteiger partial charge on any atom is -0.444 e. The zero-order chi connectivity index (χ0) is 34.8. The van der Waals surface area contributed by atoms with Gasteiger partial charge in [-0.2, -0.15) is 4.98 Å². The molecular weight excluding hydrogens is 681 g/mol. The van der Waals surface area contributed by atoms with E-state index in [-0.39, 0.29) is 57.9 Å². The number of amides is 2. The molecule has 4 aliphatic rings. The van der Waals surface area contributed by atoms with Crippen molar-refractivity contribution in [2.45, 2.75) is 103 Å². The number of rotatable bonds is 2. The number of carbonyl (C=O) groups excluding carboxylic acids is 2. The fraction of sp³-hybridized carbons (Fsp3) is 0.667. The predicted molar refractivity (Wildman–Crippen MR) is 173 cm³/mol. The van der Waals surface area contributed by atoms with Gasteiger partial charge >= 0.3 is 12.2 Å².